The van der Waals surface area contributed by atoms with Crippen LogP contribution in [0.5, 0.6) is 0 Å². The van der Waals surface area contributed by atoms with Gasteiger partial charge in [-0.3, -0.25) is 4.90 Å². The summed E-state index contributed by atoms with van der Waals surface area (Å²) in [5, 5.41) is 2.89. The third-order valence-electron chi connectivity index (χ3n) is 5.82. The fourth-order valence-corrected chi connectivity index (χ4v) is 3.91. The minimum atomic E-state index is -4.45. The van der Waals surface area contributed by atoms with Gasteiger partial charge in [0.2, 0.25) is 0 Å². The maximum Gasteiger partial charge on any atom is 0.416 e. The molecule has 2 heterocycles. The van der Waals surface area contributed by atoms with E-state index in [2.05, 4.69) is 10.3 Å². The second-order valence-corrected chi connectivity index (χ2v) is 8.23. The van der Waals surface area contributed by atoms with Gasteiger partial charge in [-0.15, -0.1) is 0 Å². The maximum atomic E-state index is 13.3. The largest absolute Gasteiger partial charge is 0.416 e. The molecule has 2 aromatic carbocycles. The summed E-state index contributed by atoms with van der Waals surface area (Å²) in [5.74, 6) is 0.410. The van der Waals surface area contributed by atoms with Crippen LogP contribution < -0.4 is 20.9 Å². The summed E-state index contributed by atoms with van der Waals surface area (Å²) < 4.78 is 39.7. The Morgan fingerprint density at radius 1 is 1.06 bits per heavy atom. The number of carbonyl (C=O) groups is 1. The zero-order valence-electron chi connectivity index (χ0n) is 18.8. The zero-order chi connectivity index (χ0) is 24.3. The molecule has 34 heavy (non-hydrogen) atoms. The first-order valence-electron chi connectivity index (χ1n) is 11.0. The van der Waals surface area contributed by atoms with Crippen molar-refractivity contribution in [3.63, 3.8) is 0 Å². The number of amides is 2. The smallest absolute Gasteiger partial charge is 0.372 e. The minimum Gasteiger partial charge on any atom is -0.372 e. The maximum absolute atomic E-state index is 13.3. The lowest BCUT2D eigenvalue weighted by Crippen LogP contribution is -2.39. The summed E-state index contributed by atoms with van der Waals surface area (Å²) in [6.07, 6.45) is -2.80. The van der Waals surface area contributed by atoms with E-state index in [-0.39, 0.29) is 6.03 Å². The van der Waals surface area contributed by atoms with E-state index in [1.165, 1.54) is 6.07 Å². The third-order valence-corrected chi connectivity index (χ3v) is 5.82. The van der Waals surface area contributed by atoms with Gasteiger partial charge in [0.15, 0.2) is 5.82 Å². The first-order chi connectivity index (χ1) is 16.3. The number of aromatic nitrogens is 1. The zero-order valence-corrected chi connectivity index (χ0v) is 18.8. The number of benzene rings is 2. The number of hydrogen-bond acceptors (Lipinski definition) is 4. The van der Waals surface area contributed by atoms with Gasteiger partial charge in [0.05, 0.1) is 16.9 Å². The molecule has 0 unspecified atom stereocenters. The van der Waals surface area contributed by atoms with Crippen molar-refractivity contribution in [3.8, 4) is 11.3 Å². The summed E-state index contributed by atoms with van der Waals surface area (Å²) in [6.45, 7) is 1.63. The first-order valence-corrected chi connectivity index (χ1v) is 11.0. The van der Waals surface area contributed by atoms with Crippen LogP contribution in [0.4, 0.5) is 35.2 Å². The van der Waals surface area contributed by atoms with E-state index >= 15 is 0 Å². The van der Waals surface area contributed by atoms with Crippen molar-refractivity contribution in [2.75, 3.05) is 35.3 Å². The summed E-state index contributed by atoms with van der Waals surface area (Å²) in [4.78, 5) is 21.5. The molecule has 1 aliphatic rings. The molecule has 1 aromatic heterocycles. The van der Waals surface area contributed by atoms with E-state index in [0.29, 0.717) is 35.9 Å². The molecule has 9 heteroatoms. The van der Waals surface area contributed by atoms with Crippen LogP contribution in [0.15, 0.2) is 60.7 Å². The molecule has 6 nitrogen and oxygen atoms in total. The number of urea groups is 1. The highest BCUT2D eigenvalue weighted by Gasteiger charge is 2.31. The van der Waals surface area contributed by atoms with Crippen molar-refractivity contribution in [1.29, 1.82) is 0 Å². The van der Waals surface area contributed by atoms with Crippen LogP contribution in [0, 0.1) is 0 Å². The highest BCUT2D eigenvalue weighted by Crippen LogP contribution is 2.35. The van der Waals surface area contributed by atoms with Crippen molar-refractivity contribution in [2.45, 2.75) is 25.6 Å². The number of hydrogen-bond donors (Lipinski definition) is 2. The topological polar surface area (TPSA) is 74.5 Å². The molecule has 0 fully saturated rings. The van der Waals surface area contributed by atoms with Gasteiger partial charge in [-0.05, 0) is 54.8 Å². The average molecular weight is 470 g/mol. The SMILES string of the molecule is CN1CCCCN(C(=O)Nc2ccc(CN)cc2)c2nc(-c3cccc(C(F)(F)F)c3)ccc21. The van der Waals surface area contributed by atoms with Crippen LogP contribution in [-0.4, -0.2) is 31.2 Å². The molecule has 0 saturated heterocycles. The van der Waals surface area contributed by atoms with Gasteiger partial charge in [-0.1, -0.05) is 24.3 Å². The van der Waals surface area contributed by atoms with Crippen molar-refractivity contribution >= 4 is 23.2 Å². The predicted octanol–water partition coefficient (Wildman–Crippen LogP) is 5.49. The van der Waals surface area contributed by atoms with Crippen molar-refractivity contribution in [3.05, 3.63) is 71.8 Å². The van der Waals surface area contributed by atoms with Gasteiger partial charge >= 0.3 is 12.2 Å². The van der Waals surface area contributed by atoms with Gasteiger partial charge < -0.3 is 16.0 Å². The summed E-state index contributed by atoms with van der Waals surface area (Å²) in [7, 11) is 1.91. The quantitative estimate of drug-likeness (QED) is 0.532. The standard InChI is InChI=1S/C25H26F3N5O/c1-32-13-2-3-14-33(24(34)30-20-9-7-17(16-29)8-10-20)23-22(32)12-11-21(31-23)18-5-4-6-19(15-18)25(26,27)28/h4-12,15H,2-3,13-14,16,29H2,1H3,(H,30,34). The molecule has 3 N–H and O–H groups in total. The molecule has 0 radical (unpaired) electrons. The second kappa shape index (κ2) is 9.72. The predicted molar refractivity (Wildman–Crippen MR) is 128 cm³/mol. The van der Waals surface area contributed by atoms with E-state index in [1.807, 2.05) is 24.1 Å². The lowest BCUT2D eigenvalue weighted by molar-refractivity contribution is -0.137. The Hall–Kier alpha value is -3.59. The molecule has 2 amide bonds. The number of carbonyl (C=O) groups excluding carboxylic acids is 1. The number of anilines is 3. The number of halogens is 3. The molecule has 4 rings (SSSR count). The Morgan fingerprint density at radius 3 is 2.50 bits per heavy atom. The first kappa shape index (κ1) is 23.6. The number of fused-ring (bicyclic) bond motifs is 1. The van der Waals surface area contributed by atoms with Crippen LogP contribution in [0.1, 0.15) is 24.0 Å². The lowest BCUT2D eigenvalue weighted by Gasteiger charge is -2.31. The Morgan fingerprint density at radius 2 is 1.79 bits per heavy atom. The van der Waals surface area contributed by atoms with Gasteiger partial charge in [0, 0.05) is 37.9 Å². The van der Waals surface area contributed by atoms with Crippen LogP contribution >= 0.6 is 0 Å². The molecule has 0 atom stereocenters. The lowest BCUT2D eigenvalue weighted by atomic mass is 10.1. The Balaban J connectivity index is 1.71. The molecule has 3 aromatic rings. The van der Waals surface area contributed by atoms with Gasteiger partial charge in [-0.2, -0.15) is 13.2 Å². The van der Waals surface area contributed by atoms with Crippen LogP contribution in [-0.2, 0) is 12.7 Å². The fourth-order valence-electron chi connectivity index (χ4n) is 3.91. The van der Waals surface area contributed by atoms with Crippen molar-refractivity contribution < 1.29 is 18.0 Å². The highest BCUT2D eigenvalue weighted by atomic mass is 19.4. The molecule has 0 aliphatic carbocycles. The van der Waals surface area contributed by atoms with E-state index in [1.54, 1.807) is 35.2 Å². The molecule has 1 aliphatic heterocycles. The third kappa shape index (κ3) is 5.14. The van der Waals surface area contributed by atoms with Crippen LogP contribution in [0.2, 0.25) is 0 Å². The molecule has 178 valence electrons. The average Bonchev–Trinajstić information content (AvgIpc) is 2.82. The Labute approximate surface area is 196 Å². The normalized spacial score (nSPS) is 14.3. The molecule has 0 bridgehead atoms. The summed E-state index contributed by atoms with van der Waals surface area (Å²) in [6, 6.07) is 15.4. The number of pyridine rings is 1. The number of nitrogens with one attached hydrogen (secondary N) is 1. The number of rotatable bonds is 3. The van der Waals surface area contributed by atoms with E-state index in [4.69, 9.17) is 5.73 Å². The van der Waals surface area contributed by atoms with Crippen molar-refractivity contribution in [1.82, 2.24) is 4.98 Å². The Bertz CT molecular complexity index is 1160. The summed E-state index contributed by atoms with van der Waals surface area (Å²) >= 11 is 0. The van der Waals surface area contributed by atoms with Gasteiger partial charge in [-0.25, -0.2) is 9.78 Å². The molecule has 0 spiro atoms. The monoisotopic (exact) mass is 469 g/mol. The number of nitrogens with two attached hydrogens (primary N) is 1. The van der Waals surface area contributed by atoms with Crippen LogP contribution in [0.3, 0.4) is 0 Å². The van der Waals surface area contributed by atoms with E-state index < -0.39 is 11.7 Å². The van der Waals surface area contributed by atoms with Crippen molar-refractivity contribution in [2.24, 2.45) is 5.73 Å². The van der Waals surface area contributed by atoms with Crippen LogP contribution in [0.25, 0.3) is 11.3 Å². The second-order valence-electron chi connectivity index (χ2n) is 8.23. The number of nitrogens with zero attached hydrogens (tertiary/aromatic N) is 3. The molecule has 0 saturated carbocycles. The minimum absolute atomic E-state index is 0.333. The van der Waals surface area contributed by atoms with Gasteiger partial charge in [0.25, 0.3) is 0 Å². The highest BCUT2D eigenvalue weighted by molar-refractivity contribution is 6.03. The molecular weight excluding hydrogens is 443 g/mol. The van der Waals surface area contributed by atoms with Gasteiger partial charge in [0.1, 0.15) is 0 Å². The molecular formula is C25H26F3N5O. The Kier molecular flexibility index (Phi) is 6.74. The number of alkyl halides is 3. The fraction of sp³-hybridized carbons (Fsp3) is 0.280. The van der Waals surface area contributed by atoms with E-state index in [9.17, 15) is 18.0 Å². The summed E-state index contributed by atoms with van der Waals surface area (Å²) in [5.41, 5.74) is 7.90. The van der Waals surface area contributed by atoms with E-state index in [0.717, 1.165) is 42.8 Å².